The molecule has 6 aromatic rings. The quantitative estimate of drug-likeness (QED) is 0.0380. The van der Waals surface area contributed by atoms with Crippen molar-refractivity contribution in [2.75, 3.05) is 42.1 Å². The van der Waals surface area contributed by atoms with Gasteiger partial charge in [0.15, 0.2) is 17.7 Å². The van der Waals surface area contributed by atoms with Crippen LogP contribution in [0.5, 0.6) is 0 Å². The minimum atomic E-state index is -3.81. The largest absolute Gasteiger partial charge is 0.450 e. The Balaban J connectivity index is 0.000000207. The van der Waals surface area contributed by atoms with Crippen LogP contribution in [0.1, 0.15) is 118 Å². The molecule has 8 rings (SSSR count). The lowest BCUT2D eigenvalue weighted by atomic mass is 9.55. The summed E-state index contributed by atoms with van der Waals surface area (Å²) in [6.07, 6.45) is 1.54. The summed E-state index contributed by atoms with van der Waals surface area (Å²) in [5.74, 6) is -11.1. The molecule has 8 N–H and O–H groups in total. The highest BCUT2D eigenvalue weighted by atomic mass is 19.3. The van der Waals surface area contributed by atoms with E-state index >= 15 is 8.78 Å². The summed E-state index contributed by atoms with van der Waals surface area (Å²) < 4.78 is 100.0. The average Bonchev–Trinajstić information content (AvgIpc) is 4.21. The van der Waals surface area contributed by atoms with E-state index in [1.807, 2.05) is 20.8 Å². The zero-order valence-electron chi connectivity index (χ0n) is 48.8. The van der Waals surface area contributed by atoms with Crippen molar-refractivity contribution in [3.05, 3.63) is 183 Å². The predicted molar refractivity (Wildman–Crippen MR) is 311 cm³/mol. The molecule has 460 valence electrons. The number of halogens is 7. The molecule has 2 aliphatic rings. The Bertz CT molecular complexity index is 3460. The Hall–Kier alpha value is -8.26. The van der Waals surface area contributed by atoms with Crippen LogP contribution in [0.25, 0.3) is 0 Å². The third-order valence-electron chi connectivity index (χ3n) is 14.4. The first-order valence-electron chi connectivity index (χ1n) is 27.4. The van der Waals surface area contributed by atoms with Gasteiger partial charge >= 0.3 is 5.92 Å². The summed E-state index contributed by atoms with van der Waals surface area (Å²) in [6.45, 7) is 14.8. The van der Waals surface area contributed by atoms with E-state index in [9.17, 15) is 66.3 Å². The molecule has 2 aromatic heterocycles. The van der Waals surface area contributed by atoms with Gasteiger partial charge in [0.05, 0.1) is 17.4 Å². The van der Waals surface area contributed by atoms with Gasteiger partial charge in [-0.05, 0) is 156 Å². The van der Waals surface area contributed by atoms with Crippen LogP contribution >= 0.6 is 0 Å². The van der Waals surface area contributed by atoms with Crippen LogP contribution in [0.4, 0.5) is 47.8 Å². The van der Waals surface area contributed by atoms with Gasteiger partial charge < -0.3 is 60.5 Å². The zero-order valence-corrected chi connectivity index (χ0v) is 48.8. The second-order valence-electron chi connectivity index (χ2n) is 22.3. The van der Waals surface area contributed by atoms with E-state index in [1.165, 1.54) is 84.7 Å². The summed E-state index contributed by atoms with van der Waals surface area (Å²) in [6, 6.07) is 17.1. The number of hydrogen-bond acceptors (Lipinski definition) is 10. The summed E-state index contributed by atoms with van der Waals surface area (Å²) in [5, 5.41) is 50.4. The lowest BCUT2D eigenvalue weighted by Gasteiger charge is -2.34. The maximum atomic E-state index is 15.0. The minimum Gasteiger partial charge on any atom is -0.450 e. The van der Waals surface area contributed by atoms with E-state index in [-0.39, 0.29) is 58.5 Å². The zero-order chi connectivity index (χ0) is 63.7. The summed E-state index contributed by atoms with van der Waals surface area (Å²) in [4.78, 5) is 64.9. The molecule has 25 heteroatoms. The van der Waals surface area contributed by atoms with E-state index in [4.69, 9.17) is 0 Å². The van der Waals surface area contributed by atoms with Crippen molar-refractivity contribution in [1.29, 1.82) is 0 Å². The fourth-order valence-electron chi connectivity index (χ4n) is 9.47. The third-order valence-corrected chi connectivity index (χ3v) is 14.4. The maximum Gasteiger partial charge on any atom is 0.364 e. The number of likely N-dealkylation sites (tertiary alicyclic amines) is 2. The monoisotopic (exact) mass is 1200 g/mol. The normalized spacial score (nSPS) is 14.6. The molecule has 2 aliphatic heterocycles. The van der Waals surface area contributed by atoms with Gasteiger partial charge in [-0.15, -0.1) is 0 Å². The van der Waals surface area contributed by atoms with Crippen LogP contribution in [0.3, 0.4) is 0 Å². The number of amides is 5. The molecule has 4 aromatic carbocycles. The standard InChI is InChI=1S/C21H25BF3N3O3.C21H21F3N2O3.C19H24FN3O3/c1-13-10-16(4-5-17(13)23)26-19(29)14-11-18(27(3)12-14)21(24,25)20(30)28-8-6-15(7-9-28)22(2)31;1-12(26-8-6-15(27)7-9-26)20(28)16-10-13(2-4-17(16)22)21(29)25-14-3-5-18(23)19(24)11-14;1-11-8-13(6-7-14(11)20)21-17(25)15-9-12(10-23(15)5)16(24)18(26)22-19(2,3)4/h4-5,10-12,15,31H,6-9H2,1-3H3,(H,26,29);2-5,10-11,15,20,27-28H,1,6-9H2,(H,25,29);6-10,16,24H,1-5H3,(H,21,25)(H,22,26). The van der Waals surface area contributed by atoms with Crippen molar-refractivity contribution in [2.24, 2.45) is 14.1 Å². The van der Waals surface area contributed by atoms with Crippen LogP contribution in [-0.4, -0.2) is 114 Å². The van der Waals surface area contributed by atoms with Crippen molar-refractivity contribution in [2.45, 2.75) is 103 Å². The number of carbonyl (C=O) groups excluding carboxylic acids is 5. The first kappa shape index (κ1) is 66.9. The van der Waals surface area contributed by atoms with Gasteiger partial charge in [-0.1, -0.05) is 13.4 Å². The Labute approximate surface area is 493 Å². The van der Waals surface area contributed by atoms with Crippen molar-refractivity contribution >= 4 is 53.5 Å². The van der Waals surface area contributed by atoms with Crippen LogP contribution in [0.2, 0.25) is 12.6 Å². The molecule has 2 saturated heterocycles. The number of hydrogen-bond donors (Lipinski definition) is 8. The molecule has 17 nitrogen and oxygen atoms in total. The number of aromatic nitrogens is 2. The van der Waals surface area contributed by atoms with Crippen LogP contribution in [-0.2, 0) is 29.6 Å². The molecular formula is C61H70BF7N8O9. The molecular weight excluding hydrogens is 1130 g/mol. The second kappa shape index (κ2) is 28.3. The summed E-state index contributed by atoms with van der Waals surface area (Å²) in [7, 11) is 2.98. The van der Waals surface area contributed by atoms with E-state index in [2.05, 4.69) is 27.8 Å². The lowest BCUT2D eigenvalue weighted by Crippen LogP contribution is -2.46. The Morgan fingerprint density at radius 2 is 1.12 bits per heavy atom. The molecule has 0 saturated carbocycles. The van der Waals surface area contributed by atoms with Crippen molar-refractivity contribution in [3.8, 4) is 0 Å². The lowest BCUT2D eigenvalue weighted by molar-refractivity contribution is -0.160. The Morgan fingerprint density at radius 3 is 1.64 bits per heavy atom. The molecule has 86 heavy (non-hydrogen) atoms. The number of aliphatic hydroxyl groups excluding tert-OH is 3. The number of carbonyl (C=O) groups is 5. The second-order valence-corrected chi connectivity index (χ2v) is 22.3. The molecule has 0 spiro atoms. The summed E-state index contributed by atoms with van der Waals surface area (Å²) >= 11 is 0. The molecule has 4 heterocycles. The highest BCUT2D eigenvalue weighted by molar-refractivity contribution is 6.50. The molecule has 2 unspecified atom stereocenters. The number of alkyl halides is 2. The van der Waals surface area contributed by atoms with Gasteiger partial charge in [0, 0.05) is 104 Å². The van der Waals surface area contributed by atoms with Crippen LogP contribution in [0, 0.1) is 42.9 Å². The van der Waals surface area contributed by atoms with E-state index in [1.54, 1.807) is 32.6 Å². The predicted octanol–water partition coefficient (Wildman–Crippen LogP) is 9.46. The highest BCUT2D eigenvalue weighted by Gasteiger charge is 2.47. The average molecular weight is 1200 g/mol. The number of rotatable bonds is 14. The van der Waals surface area contributed by atoms with Gasteiger partial charge in [0.25, 0.3) is 36.5 Å². The van der Waals surface area contributed by atoms with Crippen LogP contribution < -0.4 is 21.3 Å². The van der Waals surface area contributed by atoms with Gasteiger partial charge in [-0.2, -0.15) is 8.78 Å². The van der Waals surface area contributed by atoms with Crippen molar-refractivity contribution in [1.82, 2.24) is 24.3 Å². The molecule has 2 fully saturated rings. The molecule has 0 bridgehead atoms. The fourth-order valence-corrected chi connectivity index (χ4v) is 9.47. The van der Waals surface area contributed by atoms with Crippen molar-refractivity contribution in [3.63, 3.8) is 0 Å². The topological polar surface area (TPSA) is 231 Å². The number of aryl methyl sites for hydroxylation is 4. The first-order chi connectivity index (χ1) is 40.2. The molecule has 2 atom stereocenters. The van der Waals surface area contributed by atoms with Gasteiger partial charge in [0.1, 0.15) is 29.2 Å². The number of benzene rings is 4. The first-order valence-corrected chi connectivity index (χ1v) is 27.4. The van der Waals surface area contributed by atoms with Crippen LogP contribution in [0.15, 0.2) is 110 Å². The Morgan fingerprint density at radius 1 is 0.616 bits per heavy atom. The molecule has 0 aliphatic carbocycles. The number of piperidine rings is 2. The number of nitrogens with zero attached hydrogens (tertiary/aromatic N) is 4. The summed E-state index contributed by atoms with van der Waals surface area (Å²) in [5.41, 5.74) is 1.24. The minimum absolute atomic E-state index is 0.0156. The molecule has 5 amide bonds. The molecule has 0 radical (unpaired) electrons. The highest BCUT2D eigenvalue weighted by Crippen LogP contribution is 2.35. The van der Waals surface area contributed by atoms with Gasteiger partial charge in [-0.25, -0.2) is 22.0 Å². The van der Waals surface area contributed by atoms with Gasteiger partial charge in [0.2, 0.25) is 0 Å². The smallest absolute Gasteiger partial charge is 0.364 e. The van der Waals surface area contributed by atoms with E-state index < -0.39 is 95.2 Å². The number of aliphatic hydroxyl groups is 3. The number of nitrogens with one attached hydrogen (secondary N) is 4. The Kier molecular flexibility index (Phi) is 22.0. The third kappa shape index (κ3) is 17.2. The van der Waals surface area contributed by atoms with E-state index in [0.717, 1.165) is 33.7 Å². The van der Waals surface area contributed by atoms with Crippen molar-refractivity contribution < 1.29 is 75.0 Å². The SMILES string of the molecule is C=C(C(O)c1cc(C(=O)Nc2ccc(F)c(F)c2)ccc1F)N1CCC(O)CC1.CB(O)C1CCN(C(=O)C(F)(F)c2cc(C(=O)Nc3ccc(F)c(C)c3)cn2C)CC1.Cc1cc(NC(=O)c2cc(C(O)C(=O)NC(C)(C)C)cn2C)ccc1F. The van der Waals surface area contributed by atoms with E-state index in [0.29, 0.717) is 66.8 Å². The maximum absolute atomic E-state index is 15.0. The fraction of sp³-hybridized carbons (Fsp3) is 0.361. The number of anilines is 3. The van der Waals surface area contributed by atoms with Gasteiger partial charge in [-0.3, -0.25) is 24.0 Å².